The van der Waals surface area contributed by atoms with Gasteiger partial charge in [0.1, 0.15) is 0 Å². The second-order valence-electron chi connectivity index (χ2n) is 6.78. The molecule has 0 saturated heterocycles. The maximum atomic E-state index is 4.83. The molecule has 4 nitrogen and oxygen atoms in total. The average Bonchev–Trinajstić information content (AvgIpc) is 3.27. The Morgan fingerprint density at radius 2 is 1.00 bits per heavy atom. The third kappa shape index (κ3) is 3.44. The average molecular weight is 376 g/mol. The number of hydrogen-bond donors (Lipinski definition) is 1. The summed E-state index contributed by atoms with van der Waals surface area (Å²) in [5, 5.41) is 8.69. The molecule has 0 bridgehead atoms. The van der Waals surface area contributed by atoms with Gasteiger partial charge in [0.05, 0.1) is 11.4 Å². The molecule has 140 valence electrons. The van der Waals surface area contributed by atoms with Crippen molar-refractivity contribution in [3.63, 3.8) is 0 Å². The minimum Gasteiger partial charge on any atom is -0.259 e. The lowest BCUT2D eigenvalue weighted by atomic mass is 10.1. The molecule has 1 aliphatic heterocycles. The van der Waals surface area contributed by atoms with Crippen molar-refractivity contribution in [2.75, 3.05) is 10.2 Å². The minimum absolute atomic E-state index is 0.807. The van der Waals surface area contributed by atoms with Crippen LogP contribution in [-0.4, -0.2) is 5.84 Å². The van der Waals surface area contributed by atoms with Crippen LogP contribution >= 0.6 is 0 Å². The zero-order chi connectivity index (χ0) is 19.5. The van der Waals surface area contributed by atoms with Crippen LogP contribution in [0.5, 0.6) is 0 Å². The topological polar surface area (TPSA) is 30.9 Å². The Kier molecular flexibility index (Phi) is 4.43. The summed E-state index contributed by atoms with van der Waals surface area (Å²) in [5.74, 6) is 0.807. The molecule has 0 radical (unpaired) electrons. The smallest absolute Gasteiger partial charge is 0.176 e. The van der Waals surface area contributed by atoms with Crippen LogP contribution in [0.25, 0.3) is 11.1 Å². The number of nitrogens with one attached hydrogen (secondary N) is 1. The van der Waals surface area contributed by atoms with Crippen molar-refractivity contribution in [2.45, 2.75) is 0 Å². The van der Waals surface area contributed by atoms with Crippen LogP contribution in [0, 0.1) is 0 Å². The number of hydrazine groups is 2. The summed E-state index contributed by atoms with van der Waals surface area (Å²) in [7, 11) is 0. The molecule has 0 atom stereocenters. The predicted molar refractivity (Wildman–Crippen MR) is 119 cm³/mol. The van der Waals surface area contributed by atoms with Crippen LogP contribution in [-0.2, 0) is 0 Å². The van der Waals surface area contributed by atoms with Gasteiger partial charge in [-0.3, -0.25) is 5.43 Å². The van der Waals surface area contributed by atoms with Crippen molar-refractivity contribution in [2.24, 2.45) is 5.10 Å². The van der Waals surface area contributed by atoms with E-state index < -0.39 is 0 Å². The summed E-state index contributed by atoms with van der Waals surface area (Å²) in [4.78, 5) is 0. The molecular weight excluding hydrogens is 356 g/mol. The molecule has 0 unspecified atom stereocenters. The number of amidine groups is 1. The van der Waals surface area contributed by atoms with E-state index in [4.69, 9.17) is 5.10 Å². The van der Waals surface area contributed by atoms with E-state index in [-0.39, 0.29) is 0 Å². The van der Waals surface area contributed by atoms with Gasteiger partial charge in [-0.1, -0.05) is 91.0 Å². The number of anilines is 2. The second kappa shape index (κ2) is 7.52. The van der Waals surface area contributed by atoms with Crippen molar-refractivity contribution >= 4 is 17.2 Å². The van der Waals surface area contributed by atoms with Gasteiger partial charge in [-0.15, -0.1) is 5.10 Å². The molecule has 0 aromatic heterocycles. The zero-order valence-corrected chi connectivity index (χ0v) is 15.8. The zero-order valence-electron chi connectivity index (χ0n) is 15.8. The maximum Gasteiger partial charge on any atom is 0.176 e. The van der Waals surface area contributed by atoms with E-state index in [1.807, 2.05) is 64.8 Å². The monoisotopic (exact) mass is 376 g/mol. The first-order valence-electron chi connectivity index (χ1n) is 9.60. The van der Waals surface area contributed by atoms with Crippen molar-refractivity contribution in [3.8, 4) is 11.1 Å². The number of rotatable bonds is 4. The molecule has 4 aromatic carbocycles. The van der Waals surface area contributed by atoms with E-state index in [1.165, 1.54) is 11.1 Å². The van der Waals surface area contributed by atoms with E-state index in [1.54, 1.807) is 0 Å². The number of hydrogen-bond acceptors (Lipinski definition) is 4. The van der Waals surface area contributed by atoms with Gasteiger partial charge in [-0.05, 0) is 35.4 Å². The summed E-state index contributed by atoms with van der Waals surface area (Å²) in [6.45, 7) is 0. The number of nitrogens with zero attached hydrogens (tertiary/aromatic N) is 3. The Bertz CT molecular complexity index is 1110. The molecular formula is C25H20N4. The number of para-hydroxylation sites is 1. The van der Waals surface area contributed by atoms with Gasteiger partial charge in [0.25, 0.3) is 0 Å². The lowest BCUT2D eigenvalue weighted by Crippen LogP contribution is -2.44. The fourth-order valence-corrected chi connectivity index (χ4v) is 3.36. The quantitative estimate of drug-likeness (QED) is 0.513. The van der Waals surface area contributed by atoms with Gasteiger partial charge in [0.15, 0.2) is 5.84 Å². The van der Waals surface area contributed by atoms with Gasteiger partial charge >= 0.3 is 0 Å². The molecule has 0 fully saturated rings. The van der Waals surface area contributed by atoms with Gasteiger partial charge in [-0.2, -0.15) is 10.2 Å². The van der Waals surface area contributed by atoms with E-state index in [0.717, 1.165) is 22.8 Å². The standard InChI is InChI=1S/C25H20N4/c1-4-10-20(11-5-1)21-16-18-24(19-17-21)29-27-25(22-12-6-2-7-13-22)26-28(29)23-14-8-3-9-15-23/h1-19H,(H,26,27). The Morgan fingerprint density at radius 3 is 1.62 bits per heavy atom. The normalized spacial score (nSPS) is 13.2. The molecule has 5 rings (SSSR count). The van der Waals surface area contributed by atoms with Crippen LogP contribution in [0.3, 0.4) is 0 Å². The molecule has 0 amide bonds. The van der Waals surface area contributed by atoms with E-state index in [0.29, 0.717) is 0 Å². The summed E-state index contributed by atoms with van der Waals surface area (Å²) < 4.78 is 0. The lowest BCUT2D eigenvalue weighted by Gasteiger charge is -2.28. The summed E-state index contributed by atoms with van der Waals surface area (Å²) >= 11 is 0. The number of benzene rings is 4. The molecule has 4 heteroatoms. The first kappa shape index (κ1) is 17.1. The van der Waals surface area contributed by atoms with Crippen LogP contribution in [0.1, 0.15) is 5.56 Å². The van der Waals surface area contributed by atoms with Gasteiger partial charge < -0.3 is 0 Å². The maximum absolute atomic E-state index is 4.83. The van der Waals surface area contributed by atoms with E-state index >= 15 is 0 Å². The third-order valence-corrected chi connectivity index (χ3v) is 4.85. The fourth-order valence-electron chi connectivity index (χ4n) is 3.36. The Labute approximate surface area is 170 Å². The van der Waals surface area contributed by atoms with Crippen molar-refractivity contribution in [1.82, 2.24) is 5.43 Å². The highest BCUT2D eigenvalue weighted by molar-refractivity contribution is 6.02. The Morgan fingerprint density at radius 1 is 0.483 bits per heavy atom. The predicted octanol–water partition coefficient (Wildman–Crippen LogP) is 5.46. The summed E-state index contributed by atoms with van der Waals surface area (Å²) in [6, 6.07) is 39.2. The largest absolute Gasteiger partial charge is 0.259 e. The van der Waals surface area contributed by atoms with Gasteiger partial charge in [-0.25, -0.2) is 0 Å². The number of hydrazone groups is 1. The summed E-state index contributed by atoms with van der Waals surface area (Å²) in [6.07, 6.45) is 0. The molecule has 1 N–H and O–H groups in total. The molecule has 0 aliphatic carbocycles. The SMILES string of the molecule is c1ccc(C2=NN(c3ccccc3)N(c3ccc(-c4ccccc4)cc3)N2)cc1. The molecule has 0 saturated carbocycles. The minimum atomic E-state index is 0.807. The van der Waals surface area contributed by atoms with Crippen LogP contribution in [0.2, 0.25) is 0 Å². The lowest BCUT2D eigenvalue weighted by molar-refractivity contribution is 0.771. The first-order valence-corrected chi connectivity index (χ1v) is 9.60. The van der Waals surface area contributed by atoms with Crippen LogP contribution in [0.4, 0.5) is 11.4 Å². The molecule has 1 aliphatic rings. The van der Waals surface area contributed by atoms with E-state index in [2.05, 4.69) is 66.1 Å². The van der Waals surface area contributed by atoms with Crippen LogP contribution in [0.15, 0.2) is 120 Å². The highest BCUT2D eigenvalue weighted by atomic mass is 15.9. The van der Waals surface area contributed by atoms with Crippen molar-refractivity contribution in [1.29, 1.82) is 0 Å². The molecule has 4 aromatic rings. The Hall–Kier alpha value is -4.05. The third-order valence-electron chi connectivity index (χ3n) is 4.85. The molecule has 1 heterocycles. The molecule has 29 heavy (non-hydrogen) atoms. The van der Waals surface area contributed by atoms with Crippen molar-refractivity contribution < 1.29 is 0 Å². The van der Waals surface area contributed by atoms with Crippen molar-refractivity contribution in [3.05, 3.63) is 121 Å². The Balaban J connectivity index is 1.49. The summed E-state index contributed by atoms with van der Waals surface area (Å²) in [5.41, 5.74) is 8.85. The fraction of sp³-hybridized carbons (Fsp3) is 0. The highest BCUT2D eigenvalue weighted by Crippen LogP contribution is 2.28. The first-order chi connectivity index (χ1) is 14.4. The highest BCUT2D eigenvalue weighted by Gasteiger charge is 2.26. The molecule has 0 spiro atoms. The van der Waals surface area contributed by atoms with E-state index in [9.17, 15) is 0 Å². The second-order valence-corrected chi connectivity index (χ2v) is 6.78. The van der Waals surface area contributed by atoms with Crippen LogP contribution < -0.4 is 15.7 Å². The van der Waals surface area contributed by atoms with Gasteiger partial charge in [0, 0.05) is 5.56 Å². The van der Waals surface area contributed by atoms with Gasteiger partial charge in [0.2, 0.25) is 0 Å².